The fourth-order valence-electron chi connectivity index (χ4n) is 7.12. The number of aliphatic hydroxyl groups is 1. The van der Waals surface area contributed by atoms with Gasteiger partial charge in [-0.1, -0.05) is 71.0 Å². The van der Waals surface area contributed by atoms with Crippen molar-refractivity contribution >= 4 is 11.4 Å². The summed E-state index contributed by atoms with van der Waals surface area (Å²) >= 11 is 0. The SMILES string of the molecule is Cc1cc2c(cc1C1(c3ccc(C4=C(O)CCCC4=O)cc3)CC1)C(C)(C)CC(C)CCC2(C)C. The van der Waals surface area contributed by atoms with Gasteiger partial charge in [-0.15, -0.1) is 0 Å². The molecule has 0 amide bonds. The third-order valence-corrected chi connectivity index (χ3v) is 9.32. The van der Waals surface area contributed by atoms with Gasteiger partial charge < -0.3 is 5.11 Å². The Kier molecular flexibility index (Phi) is 5.81. The van der Waals surface area contributed by atoms with Crippen molar-refractivity contribution in [2.75, 3.05) is 0 Å². The molecule has 2 aromatic carbocycles. The van der Waals surface area contributed by atoms with Gasteiger partial charge in [-0.2, -0.15) is 0 Å². The van der Waals surface area contributed by atoms with Crippen molar-refractivity contribution < 1.29 is 9.90 Å². The molecule has 0 radical (unpaired) electrons. The summed E-state index contributed by atoms with van der Waals surface area (Å²) < 4.78 is 0. The molecule has 2 heteroatoms. The maximum atomic E-state index is 12.5. The van der Waals surface area contributed by atoms with E-state index in [0.29, 0.717) is 18.4 Å². The number of aryl methyl sites for hydroxylation is 1. The van der Waals surface area contributed by atoms with E-state index < -0.39 is 0 Å². The lowest BCUT2D eigenvalue weighted by molar-refractivity contribution is -0.114. The lowest BCUT2D eigenvalue weighted by Crippen LogP contribution is -2.32. The number of carbonyl (C=O) groups is 1. The van der Waals surface area contributed by atoms with Crippen molar-refractivity contribution in [3.05, 3.63) is 75.5 Å². The molecule has 0 spiro atoms. The molecule has 186 valence electrons. The van der Waals surface area contributed by atoms with E-state index in [9.17, 15) is 9.90 Å². The van der Waals surface area contributed by atoms with Crippen LogP contribution in [0.15, 0.2) is 42.2 Å². The Balaban J connectivity index is 1.57. The van der Waals surface area contributed by atoms with Crippen LogP contribution in [-0.4, -0.2) is 10.9 Å². The van der Waals surface area contributed by atoms with E-state index in [0.717, 1.165) is 17.9 Å². The Bertz CT molecular complexity index is 1190. The van der Waals surface area contributed by atoms with E-state index >= 15 is 0 Å². The van der Waals surface area contributed by atoms with Crippen molar-refractivity contribution in [2.45, 2.75) is 109 Å². The van der Waals surface area contributed by atoms with Crippen LogP contribution < -0.4 is 0 Å². The van der Waals surface area contributed by atoms with Crippen LogP contribution in [0.1, 0.15) is 119 Å². The normalized spacial score (nSPS) is 25.0. The summed E-state index contributed by atoms with van der Waals surface area (Å²) in [5.41, 5.74) is 9.11. The molecule has 0 saturated heterocycles. The highest BCUT2D eigenvalue weighted by Gasteiger charge is 2.48. The number of benzene rings is 2. The van der Waals surface area contributed by atoms with E-state index in [1.165, 1.54) is 48.8 Å². The Labute approximate surface area is 211 Å². The summed E-state index contributed by atoms with van der Waals surface area (Å²) in [6.45, 7) is 14.5. The number of ketones is 1. The largest absolute Gasteiger partial charge is 0.512 e. The molecule has 1 N–H and O–H groups in total. The number of hydrogen-bond acceptors (Lipinski definition) is 2. The summed E-state index contributed by atoms with van der Waals surface area (Å²) in [7, 11) is 0. The van der Waals surface area contributed by atoms with Gasteiger partial charge >= 0.3 is 0 Å². The standard InChI is InChI=1S/C33H42O2/c1-21-14-15-31(3,4)26-18-22(2)25(19-27(26)32(5,6)20-21)33(16-17-33)24-12-10-23(11-13-24)30-28(34)8-7-9-29(30)35/h10-13,18-19,21,34H,7-9,14-17,20H2,1-6H3. The average Bonchev–Trinajstić information content (AvgIpc) is 3.59. The van der Waals surface area contributed by atoms with E-state index in [4.69, 9.17) is 0 Å². The van der Waals surface area contributed by atoms with Gasteiger partial charge in [0.15, 0.2) is 5.78 Å². The van der Waals surface area contributed by atoms with Crippen LogP contribution >= 0.6 is 0 Å². The number of hydrogen-bond donors (Lipinski definition) is 1. The summed E-state index contributed by atoms with van der Waals surface area (Å²) in [5.74, 6) is 1.06. The third-order valence-electron chi connectivity index (χ3n) is 9.32. The molecule has 0 aliphatic heterocycles. The zero-order valence-electron chi connectivity index (χ0n) is 22.6. The van der Waals surface area contributed by atoms with Crippen molar-refractivity contribution in [3.63, 3.8) is 0 Å². The van der Waals surface area contributed by atoms with E-state index in [-0.39, 0.29) is 27.8 Å². The maximum Gasteiger partial charge on any atom is 0.166 e. The summed E-state index contributed by atoms with van der Waals surface area (Å²) in [6.07, 6.45) is 7.98. The minimum Gasteiger partial charge on any atom is -0.512 e. The van der Waals surface area contributed by atoms with Crippen molar-refractivity contribution in [2.24, 2.45) is 5.92 Å². The number of rotatable bonds is 3. The minimum atomic E-state index is 0.0683. The number of fused-ring (bicyclic) bond motifs is 1. The van der Waals surface area contributed by atoms with Crippen LogP contribution in [0.5, 0.6) is 0 Å². The summed E-state index contributed by atoms with van der Waals surface area (Å²) in [6, 6.07) is 13.6. The monoisotopic (exact) mass is 470 g/mol. The van der Waals surface area contributed by atoms with Crippen molar-refractivity contribution in [1.29, 1.82) is 0 Å². The van der Waals surface area contributed by atoms with Gasteiger partial charge in [0.1, 0.15) is 5.76 Å². The molecule has 1 unspecified atom stereocenters. The molecule has 0 aromatic heterocycles. The predicted octanol–water partition coefficient (Wildman–Crippen LogP) is 8.47. The second-order valence-corrected chi connectivity index (χ2v) is 13.1. The first-order chi connectivity index (χ1) is 16.4. The Morgan fingerprint density at radius 3 is 2.14 bits per heavy atom. The van der Waals surface area contributed by atoms with Crippen LogP contribution in [0.4, 0.5) is 0 Å². The summed E-state index contributed by atoms with van der Waals surface area (Å²) in [4.78, 5) is 12.5. The molecular weight excluding hydrogens is 428 g/mol. The first kappa shape index (κ1) is 24.3. The van der Waals surface area contributed by atoms with Crippen LogP contribution in [-0.2, 0) is 21.0 Å². The number of carbonyl (C=O) groups excluding carboxylic acids is 1. The Hall–Kier alpha value is -2.35. The lowest BCUT2D eigenvalue weighted by Gasteiger charge is -2.41. The number of aliphatic hydroxyl groups excluding tert-OH is 1. The molecule has 1 atom stereocenters. The van der Waals surface area contributed by atoms with E-state index in [1.807, 2.05) is 0 Å². The smallest absolute Gasteiger partial charge is 0.166 e. The second kappa shape index (κ2) is 8.36. The maximum absolute atomic E-state index is 12.5. The quantitative estimate of drug-likeness (QED) is 0.488. The molecule has 3 aliphatic rings. The van der Waals surface area contributed by atoms with Gasteiger partial charge in [0.2, 0.25) is 0 Å². The first-order valence-corrected chi connectivity index (χ1v) is 13.7. The Morgan fingerprint density at radius 2 is 1.51 bits per heavy atom. The van der Waals surface area contributed by atoms with Gasteiger partial charge in [0.05, 0.1) is 5.57 Å². The second-order valence-electron chi connectivity index (χ2n) is 13.1. The molecule has 2 nitrogen and oxygen atoms in total. The number of Topliss-reactive ketones (excluding diaryl/α,β-unsaturated/α-hetero) is 1. The molecule has 3 aliphatic carbocycles. The minimum absolute atomic E-state index is 0.0683. The molecule has 0 heterocycles. The zero-order valence-corrected chi connectivity index (χ0v) is 22.6. The highest BCUT2D eigenvalue weighted by atomic mass is 16.3. The zero-order chi connectivity index (χ0) is 25.2. The van der Waals surface area contributed by atoms with Crippen LogP contribution in [0.3, 0.4) is 0 Å². The summed E-state index contributed by atoms with van der Waals surface area (Å²) in [5, 5.41) is 10.4. The molecule has 5 rings (SSSR count). The topological polar surface area (TPSA) is 37.3 Å². The first-order valence-electron chi connectivity index (χ1n) is 13.7. The molecular formula is C33H42O2. The van der Waals surface area contributed by atoms with E-state index in [2.05, 4.69) is 77.9 Å². The van der Waals surface area contributed by atoms with Gasteiger partial charge in [0, 0.05) is 18.3 Å². The third kappa shape index (κ3) is 4.17. The van der Waals surface area contributed by atoms with Gasteiger partial charge in [-0.05, 0) is 95.6 Å². The number of allylic oxidation sites excluding steroid dienone is 2. The van der Waals surface area contributed by atoms with Crippen LogP contribution in [0.2, 0.25) is 0 Å². The van der Waals surface area contributed by atoms with Gasteiger partial charge in [0.25, 0.3) is 0 Å². The fourth-order valence-corrected chi connectivity index (χ4v) is 7.12. The molecule has 35 heavy (non-hydrogen) atoms. The molecule has 2 aromatic rings. The Morgan fingerprint density at radius 1 is 0.857 bits per heavy atom. The average molecular weight is 471 g/mol. The van der Waals surface area contributed by atoms with Gasteiger partial charge in [-0.25, -0.2) is 0 Å². The highest BCUT2D eigenvalue weighted by Crippen LogP contribution is 2.56. The highest BCUT2D eigenvalue weighted by molar-refractivity contribution is 6.21. The molecule has 1 fully saturated rings. The van der Waals surface area contributed by atoms with Gasteiger partial charge in [-0.3, -0.25) is 4.79 Å². The van der Waals surface area contributed by atoms with Crippen LogP contribution in [0.25, 0.3) is 5.57 Å². The van der Waals surface area contributed by atoms with E-state index in [1.54, 1.807) is 11.1 Å². The fraction of sp³-hybridized carbons (Fsp3) is 0.545. The molecule has 0 bridgehead atoms. The predicted molar refractivity (Wildman–Crippen MR) is 145 cm³/mol. The van der Waals surface area contributed by atoms with Crippen LogP contribution in [0, 0.1) is 12.8 Å². The van der Waals surface area contributed by atoms with Crippen molar-refractivity contribution in [3.8, 4) is 0 Å². The molecule has 1 saturated carbocycles. The lowest BCUT2D eigenvalue weighted by atomic mass is 9.64. The van der Waals surface area contributed by atoms with Crippen molar-refractivity contribution in [1.82, 2.24) is 0 Å².